The van der Waals surface area contributed by atoms with Gasteiger partial charge in [0.25, 0.3) is 0 Å². The van der Waals surface area contributed by atoms with Crippen LogP contribution in [0.1, 0.15) is 6.92 Å². The molecule has 1 nitrogen and oxygen atoms in total. The summed E-state index contributed by atoms with van der Waals surface area (Å²) in [6, 6.07) is 0. The molecule has 0 aliphatic carbocycles. The van der Waals surface area contributed by atoms with Crippen molar-refractivity contribution >= 4 is 15.9 Å². The molecule has 0 aromatic carbocycles. The lowest BCUT2D eigenvalue weighted by Crippen LogP contribution is -1.78. The molecule has 0 atom stereocenters. The molecule has 0 unspecified atom stereocenters. The summed E-state index contributed by atoms with van der Waals surface area (Å²) >= 11 is 2.80. The highest BCUT2D eigenvalue weighted by atomic mass is 79.9. The van der Waals surface area contributed by atoms with Crippen molar-refractivity contribution in [2.24, 2.45) is 0 Å². The van der Waals surface area contributed by atoms with Crippen molar-refractivity contribution in [2.45, 2.75) is 6.92 Å². The molecule has 0 amide bonds. The van der Waals surface area contributed by atoms with Gasteiger partial charge in [0.15, 0.2) is 0 Å². The quantitative estimate of drug-likeness (QED) is 0.596. The van der Waals surface area contributed by atoms with E-state index in [9.17, 15) is 4.39 Å². The molecule has 0 aliphatic rings. The first-order valence-corrected chi connectivity index (χ1v) is 2.58. The zero-order chi connectivity index (χ0) is 5.86. The second kappa shape index (κ2) is 3.02. The zero-order valence-corrected chi connectivity index (χ0v) is 5.50. The van der Waals surface area contributed by atoms with E-state index >= 15 is 0 Å². The van der Waals surface area contributed by atoms with E-state index in [0.717, 1.165) is 0 Å². The maximum atomic E-state index is 11.4. The number of allylic oxidation sites excluding steroid dienone is 2. The molecule has 0 saturated heterocycles. The van der Waals surface area contributed by atoms with Crippen molar-refractivity contribution in [1.82, 2.24) is 0 Å². The van der Waals surface area contributed by atoms with Crippen LogP contribution in [0.3, 0.4) is 0 Å². The lowest BCUT2D eigenvalue weighted by atomic mass is 10.5. The van der Waals surface area contributed by atoms with Crippen LogP contribution in [0, 0.1) is 0 Å². The lowest BCUT2D eigenvalue weighted by Gasteiger charge is -1.88. The Morgan fingerprint density at radius 3 is 2.29 bits per heavy atom. The van der Waals surface area contributed by atoms with Crippen molar-refractivity contribution in [3.63, 3.8) is 0 Å². The van der Waals surface area contributed by atoms with Gasteiger partial charge in [-0.3, -0.25) is 0 Å². The van der Waals surface area contributed by atoms with E-state index in [4.69, 9.17) is 5.11 Å². The average molecular weight is 169 g/mol. The topological polar surface area (TPSA) is 20.2 Å². The van der Waals surface area contributed by atoms with Gasteiger partial charge in [-0.25, -0.2) is 4.39 Å². The average Bonchev–Trinajstić information content (AvgIpc) is 1.65. The minimum atomic E-state index is -0.637. The van der Waals surface area contributed by atoms with Crippen LogP contribution in [0.4, 0.5) is 4.39 Å². The molecule has 0 aromatic rings. The summed E-state index contributed by atoms with van der Waals surface area (Å²) in [5, 5.41) is 8.41. The number of hydrogen-bond donors (Lipinski definition) is 1. The van der Waals surface area contributed by atoms with Gasteiger partial charge in [-0.1, -0.05) is 0 Å². The van der Waals surface area contributed by atoms with Crippen LogP contribution in [0.2, 0.25) is 0 Å². The third kappa shape index (κ3) is 2.62. The molecule has 0 aromatic heterocycles. The first kappa shape index (κ1) is 6.95. The van der Waals surface area contributed by atoms with Crippen molar-refractivity contribution in [3.05, 3.63) is 10.2 Å². The molecular formula is C4H6BrFO. The Bertz CT molecular complexity index is 85.7. The van der Waals surface area contributed by atoms with E-state index in [2.05, 4.69) is 15.9 Å². The van der Waals surface area contributed by atoms with Crippen LogP contribution in [0.5, 0.6) is 0 Å². The van der Waals surface area contributed by atoms with E-state index in [1.54, 1.807) is 0 Å². The molecule has 0 spiro atoms. The summed E-state index contributed by atoms with van der Waals surface area (Å²) in [5.41, 5.74) is 0. The minimum absolute atomic E-state index is 0.00231. The van der Waals surface area contributed by atoms with E-state index in [1.807, 2.05) is 0 Å². The summed E-state index contributed by atoms with van der Waals surface area (Å²) in [4.78, 5) is 0. The normalized spacial score (nSPS) is 13.6. The molecule has 0 rings (SSSR count). The fourth-order valence-corrected chi connectivity index (χ4v) is 0.0967. The monoisotopic (exact) mass is 168 g/mol. The van der Waals surface area contributed by atoms with Gasteiger partial charge in [-0.15, -0.1) is 0 Å². The lowest BCUT2D eigenvalue weighted by molar-refractivity contribution is 0.403. The zero-order valence-electron chi connectivity index (χ0n) is 3.91. The summed E-state index contributed by atoms with van der Waals surface area (Å²) in [5.74, 6) is 0.00231. The maximum absolute atomic E-state index is 11.4. The number of alkyl halides is 1. The highest BCUT2D eigenvalue weighted by Gasteiger charge is 1.91. The molecule has 1 N–H and O–H groups in total. The van der Waals surface area contributed by atoms with Crippen LogP contribution in [0.25, 0.3) is 0 Å². The third-order valence-corrected chi connectivity index (χ3v) is 1.30. The van der Waals surface area contributed by atoms with Crippen LogP contribution in [-0.2, 0) is 0 Å². The van der Waals surface area contributed by atoms with Crippen LogP contribution < -0.4 is 0 Å². The molecule has 0 bridgehead atoms. The fourth-order valence-electron chi connectivity index (χ4n) is 0.0967. The van der Waals surface area contributed by atoms with Crippen LogP contribution >= 0.6 is 15.9 Å². The number of rotatable bonds is 1. The molecule has 0 aliphatic heterocycles. The number of hydrogen-bond acceptors (Lipinski definition) is 1. The SMILES string of the molecule is C/C(O)=C(/Br)CF. The Labute approximate surface area is 50.0 Å². The van der Waals surface area contributed by atoms with Crippen LogP contribution in [0.15, 0.2) is 10.2 Å². The molecule has 3 heteroatoms. The fraction of sp³-hybridized carbons (Fsp3) is 0.500. The number of aliphatic hydroxyl groups excluding tert-OH is 1. The second-order valence-corrected chi connectivity index (χ2v) is 2.08. The van der Waals surface area contributed by atoms with Gasteiger partial charge in [-0.2, -0.15) is 0 Å². The standard InChI is InChI=1S/C4H6BrFO/c1-3(7)4(5)2-6/h7H,2H2,1H3/b4-3-. The second-order valence-electron chi connectivity index (χ2n) is 1.12. The van der Waals surface area contributed by atoms with Gasteiger partial charge in [0.2, 0.25) is 0 Å². The van der Waals surface area contributed by atoms with E-state index in [-0.39, 0.29) is 10.2 Å². The summed E-state index contributed by atoms with van der Waals surface area (Å²) in [6.07, 6.45) is 0. The Hall–Kier alpha value is -0.0500. The van der Waals surface area contributed by atoms with E-state index in [0.29, 0.717) is 0 Å². The van der Waals surface area contributed by atoms with Gasteiger partial charge < -0.3 is 5.11 Å². The molecular weight excluding hydrogens is 163 g/mol. The largest absolute Gasteiger partial charge is 0.512 e. The highest BCUT2D eigenvalue weighted by molar-refractivity contribution is 9.11. The third-order valence-electron chi connectivity index (χ3n) is 0.510. The summed E-state index contributed by atoms with van der Waals surface area (Å²) in [6.45, 7) is 0.784. The molecule has 0 heterocycles. The molecule has 0 saturated carbocycles. The van der Waals surface area contributed by atoms with Gasteiger partial charge >= 0.3 is 0 Å². The molecule has 0 fully saturated rings. The summed E-state index contributed by atoms with van der Waals surface area (Å²) in [7, 11) is 0. The van der Waals surface area contributed by atoms with E-state index < -0.39 is 6.67 Å². The predicted octanol–water partition coefficient (Wildman–Crippen LogP) is 2.14. The molecule has 42 valence electrons. The van der Waals surface area contributed by atoms with E-state index in [1.165, 1.54) is 6.92 Å². The van der Waals surface area contributed by atoms with Gasteiger partial charge in [-0.05, 0) is 22.9 Å². The predicted molar refractivity (Wildman–Crippen MR) is 30.2 cm³/mol. The first-order valence-electron chi connectivity index (χ1n) is 1.78. The van der Waals surface area contributed by atoms with Gasteiger partial charge in [0.1, 0.15) is 12.4 Å². The minimum Gasteiger partial charge on any atom is -0.512 e. The van der Waals surface area contributed by atoms with Crippen molar-refractivity contribution < 1.29 is 9.50 Å². The number of halogens is 2. The smallest absolute Gasteiger partial charge is 0.124 e. The summed E-state index contributed by atoms with van der Waals surface area (Å²) < 4.78 is 11.6. The van der Waals surface area contributed by atoms with Gasteiger partial charge in [0.05, 0.1) is 4.48 Å². The maximum Gasteiger partial charge on any atom is 0.124 e. The van der Waals surface area contributed by atoms with Crippen molar-refractivity contribution in [1.29, 1.82) is 0 Å². The molecule has 7 heavy (non-hydrogen) atoms. The highest BCUT2D eigenvalue weighted by Crippen LogP contribution is 2.08. The van der Waals surface area contributed by atoms with Crippen molar-refractivity contribution in [2.75, 3.05) is 6.67 Å². The Morgan fingerprint density at radius 1 is 1.86 bits per heavy atom. The van der Waals surface area contributed by atoms with Crippen molar-refractivity contribution in [3.8, 4) is 0 Å². The Balaban J connectivity index is 3.72. The van der Waals surface area contributed by atoms with Crippen LogP contribution in [-0.4, -0.2) is 11.8 Å². The Kier molecular flexibility index (Phi) is 3.00. The molecule has 0 radical (unpaired) electrons. The number of aliphatic hydroxyl groups is 1. The van der Waals surface area contributed by atoms with Gasteiger partial charge in [0, 0.05) is 0 Å². The Morgan fingerprint density at radius 2 is 2.29 bits per heavy atom. The first-order chi connectivity index (χ1) is 3.18.